The Morgan fingerprint density at radius 1 is 1.05 bits per heavy atom. The van der Waals surface area contributed by atoms with Gasteiger partial charge in [0.05, 0.1) is 11.1 Å². The van der Waals surface area contributed by atoms with Gasteiger partial charge in [0, 0.05) is 10.9 Å². The fraction of sp³-hybridized carbons (Fsp3) is 0.0556. The first kappa shape index (κ1) is 13.9. The van der Waals surface area contributed by atoms with Gasteiger partial charge in [0.15, 0.2) is 6.29 Å². The standard InChI is InChI=1S/C18H13NO3/c1-12-16(11-20)19-15-10-6-5-9-14(15)17(12)22-18(21)13-7-3-2-4-8-13/h2-11H,1H3. The van der Waals surface area contributed by atoms with Gasteiger partial charge in [0.2, 0.25) is 0 Å². The second-order valence-corrected chi connectivity index (χ2v) is 4.84. The molecule has 3 aromatic rings. The largest absolute Gasteiger partial charge is 0.422 e. The lowest BCUT2D eigenvalue weighted by Gasteiger charge is -2.12. The van der Waals surface area contributed by atoms with Crippen LogP contribution < -0.4 is 4.74 Å². The van der Waals surface area contributed by atoms with E-state index in [1.165, 1.54) is 0 Å². The fourth-order valence-corrected chi connectivity index (χ4v) is 2.27. The number of aldehydes is 1. The van der Waals surface area contributed by atoms with Crippen molar-refractivity contribution in [1.29, 1.82) is 0 Å². The Balaban J connectivity index is 2.11. The number of hydrogen-bond acceptors (Lipinski definition) is 4. The maximum absolute atomic E-state index is 12.3. The van der Waals surface area contributed by atoms with E-state index in [2.05, 4.69) is 4.98 Å². The van der Waals surface area contributed by atoms with Crippen LogP contribution in [0.1, 0.15) is 26.4 Å². The number of ether oxygens (including phenoxy) is 1. The number of para-hydroxylation sites is 1. The molecule has 0 bridgehead atoms. The molecule has 0 unspecified atom stereocenters. The summed E-state index contributed by atoms with van der Waals surface area (Å²) in [4.78, 5) is 27.7. The Morgan fingerprint density at radius 2 is 1.73 bits per heavy atom. The molecule has 0 atom stereocenters. The van der Waals surface area contributed by atoms with E-state index in [1.807, 2.05) is 24.3 Å². The van der Waals surface area contributed by atoms with E-state index in [9.17, 15) is 9.59 Å². The Bertz CT molecular complexity index is 857. The number of pyridine rings is 1. The van der Waals surface area contributed by atoms with Gasteiger partial charge in [0.25, 0.3) is 0 Å². The molecule has 2 aromatic carbocycles. The Hall–Kier alpha value is -3.01. The summed E-state index contributed by atoms with van der Waals surface area (Å²) in [5, 5.41) is 0.704. The van der Waals surface area contributed by atoms with Crippen molar-refractivity contribution in [2.24, 2.45) is 0 Å². The molecule has 0 saturated carbocycles. The van der Waals surface area contributed by atoms with Gasteiger partial charge in [-0.1, -0.05) is 30.3 Å². The molecule has 1 aromatic heterocycles. The van der Waals surface area contributed by atoms with E-state index in [1.54, 1.807) is 37.3 Å². The van der Waals surface area contributed by atoms with Gasteiger partial charge >= 0.3 is 5.97 Å². The van der Waals surface area contributed by atoms with Crippen LogP contribution in [0.2, 0.25) is 0 Å². The highest BCUT2D eigenvalue weighted by atomic mass is 16.5. The average molecular weight is 291 g/mol. The third-order valence-corrected chi connectivity index (χ3v) is 3.43. The van der Waals surface area contributed by atoms with Gasteiger partial charge in [-0.25, -0.2) is 9.78 Å². The van der Waals surface area contributed by atoms with Crippen molar-refractivity contribution in [2.45, 2.75) is 6.92 Å². The van der Waals surface area contributed by atoms with Crippen molar-refractivity contribution in [3.8, 4) is 5.75 Å². The summed E-state index contributed by atoms with van der Waals surface area (Å²) in [6, 6.07) is 16.0. The Morgan fingerprint density at radius 3 is 2.45 bits per heavy atom. The second kappa shape index (κ2) is 5.77. The predicted molar refractivity (Wildman–Crippen MR) is 83.3 cm³/mol. The first-order valence-corrected chi connectivity index (χ1v) is 6.82. The maximum atomic E-state index is 12.3. The van der Waals surface area contributed by atoms with E-state index >= 15 is 0 Å². The number of rotatable bonds is 3. The summed E-state index contributed by atoms with van der Waals surface area (Å²) in [6.07, 6.45) is 0.668. The summed E-state index contributed by atoms with van der Waals surface area (Å²) >= 11 is 0. The van der Waals surface area contributed by atoms with Crippen molar-refractivity contribution >= 4 is 23.2 Å². The summed E-state index contributed by atoms with van der Waals surface area (Å²) < 4.78 is 5.55. The van der Waals surface area contributed by atoms with Gasteiger partial charge < -0.3 is 4.74 Å². The molecule has 0 saturated heterocycles. The van der Waals surface area contributed by atoms with Gasteiger partial charge in [-0.15, -0.1) is 0 Å². The quantitative estimate of drug-likeness (QED) is 0.547. The molecule has 0 aliphatic heterocycles. The molecule has 3 rings (SSSR count). The van der Waals surface area contributed by atoms with Crippen molar-refractivity contribution in [3.05, 3.63) is 71.4 Å². The summed E-state index contributed by atoms with van der Waals surface area (Å²) in [7, 11) is 0. The number of nitrogens with zero attached hydrogens (tertiary/aromatic N) is 1. The first-order chi connectivity index (χ1) is 10.7. The minimum absolute atomic E-state index is 0.273. The first-order valence-electron chi connectivity index (χ1n) is 6.82. The zero-order chi connectivity index (χ0) is 15.5. The van der Waals surface area contributed by atoms with Crippen LogP contribution in [0.3, 0.4) is 0 Å². The molecular formula is C18H13NO3. The highest BCUT2D eigenvalue weighted by Gasteiger charge is 2.16. The van der Waals surface area contributed by atoms with E-state index in [0.29, 0.717) is 34.1 Å². The number of benzene rings is 2. The molecule has 0 fully saturated rings. The van der Waals surface area contributed by atoms with Gasteiger partial charge in [0.1, 0.15) is 11.4 Å². The van der Waals surface area contributed by atoms with Crippen LogP contribution in [0.4, 0.5) is 0 Å². The molecule has 108 valence electrons. The molecule has 22 heavy (non-hydrogen) atoms. The van der Waals surface area contributed by atoms with Crippen LogP contribution in [-0.4, -0.2) is 17.2 Å². The Labute approximate surface area is 127 Å². The van der Waals surface area contributed by atoms with Crippen molar-refractivity contribution in [3.63, 3.8) is 0 Å². The zero-order valence-electron chi connectivity index (χ0n) is 11.9. The van der Waals surface area contributed by atoms with E-state index < -0.39 is 5.97 Å². The number of hydrogen-bond donors (Lipinski definition) is 0. The van der Waals surface area contributed by atoms with Crippen molar-refractivity contribution in [2.75, 3.05) is 0 Å². The van der Waals surface area contributed by atoms with E-state index in [0.717, 1.165) is 0 Å². The van der Waals surface area contributed by atoms with Crippen LogP contribution in [0, 0.1) is 6.92 Å². The maximum Gasteiger partial charge on any atom is 0.343 e. The average Bonchev–Trinajstić information content (AvgIpc) is 2.57. The smallest absolute Gasteiger partial charge is 0.343 e. The summed E-state index contributed by atoms with van der Waals surface area (Å²) in [5.74, 6) is -0.0848. The molecule has 0 aliphatic rings. The SMILES string of the molecule is Cc1c(C=O)nc2ccccc2c1OC(=O)c1ccccc1. The molecule has 0 aliphatic carbocycles. The molecule has 0 N–H and O–H groups in total. The van der Waals surface area contributed by atoms with Crippen molar-refractivity contribution in [1.82, 2.24) is 4.98 Å². The van der Waals surface area contributed by atoms with Gasteiger partial charge in [-0.3, -0.25) is 4.79 Å². The molecule has 4 nitrogen and oxygen atoms in total. The van der Waals surface area contributed by atoms with E-state index in [4.69, 9.17) is 4.74 Å². The zero-order valence-corrected chi connectivity index (χ0v) is 11.9. The Kier molecular flexibility index (Phi) is 3.66. The van der Waals surface area contributed by atoms with Crippen LogP contribution in [0.15, 0.2) is 54.6 Å². The van der Waals surface area contributed by atoms with E-state index in [-0.39, 0.29) is 5.69 Å². The second-order valence-electron chi connectivity index (χ2n) is 4.84. The third-order valence-electron chi connectivity index (χ3n) is 3.43. The molecule has 0 spiro atoms. The van der Waals surface area contributed by atoms with Crippen LogP contribution >= 0.6 is 0 Å². The molecule has 1 heterocycles. The van der Waals surface area contributed by atoms with Crippen LogP contribution in [0.5, 0.6) is 5.75 Å². The minimum atomic E-state index is -0.461. The fourth-order valence-electron chi connectivity index (χ4n) is 2.27. The lowest BCUT2D eigenvalue weighted by atomic mass is 10.1. The molecular weight excluding hydrogens is 278 g/mol. The predicted octanol–water partition coefficient (Wildman–Crippen LogP) is 3.57. The molecule has 0 radical (unpaired) electrons. The lowest BCUT2D eigenvalue weighted by Crippen LogP contribution is -2.10. The number of carbonyl (C=O) groups is 2. The summed E-state index contributed by atoms with van der Waals surface area (Å²) in [6.45, 7) is 1.72. The summed E-state index contributed by atoms with van der Waals surface area (Å²) in [5.41, 5.74) is 1.90. The third kappa shape index (κ3) is 2.46. The topological polar surface area (TPSA) is 56.3 Å². The number of esters is 1. The highest BCUT2D eigenvalue weighted by molar-refractivity contribution is 5.97. The molecule has 0 amide bonds. The normalized spacial score (nSPS) is 10.4. The van der Waals surface area contributed by atoms with Crippen LogP contribution in [0.25, 0.3) is 10.9 Å². The molecule has 4 heteroatoms. The highest BCUT2D eigenvalue weighted by Crippen LogP contribution is 2.30. The lowest BCUT2D eigenvalue weighted by molar-refractivity contribution is 0.0735. The van der Waals surface area contributed by atoms with Gasteiger partial charge in [-0.2, -0.15) is 0 Å². The number of carbonyl (C=O) groups excluding carboxylic acids is 2. The van der Waals surface area contributed by atoms with Gasteiger partial charge in [-0.05, 0) is 31.2 Å². The number of fused-ring (bicyclic) bond motifs is 1. The monoisotopic (exact) mass is 291 g/mol. The minimum Gasteiger partial charge on any atom is -0.422 e. The van der Waals surface area contributed by atoms with Crippen LogP contribution in [-0.2, 0) is 0 Å². The number of aromatic nitrogens is 1. The van der Waals surface area contributed by atoms with Crippen molar-refractivity contribution < 1.29 is 14.3 Å².